The highest BCUT2D eigenvalue weighted by atomic mass is 19.4. The van der Waals surface area contributed by atoms with Crippen LogP contribution < -0.4 is 11.0 Å². The van der Waals surface area contributed by atoms with Crippen LogP contribution in [0.1, 0.15) is 18.4 Å². The third-order valence-electron chi connectivity index (χ3n) is 4.68. The van der Waals surface area contributed by atoms with E-state index in [9.17, 15) is 18.0 Å². The van der Waals surface area contributed by atoms with Crippen molar-refractivity contribution in [1.29, 1.82) is 0 Å². The first-order valence-electron chi connectivity index (χ1n) is 8.90. The first-order valence-corrected chi connectivity index (χ1v) is 8.90. The topological polar surface area (TPSA) is 94.9 Å². The molecule has 4 rings (SSSR count). The van der Waals surface area contributed by atoms with Gasteiger partial charge >= 0.3 is 11.9 Å². The highest BCUT2D eigenvalue weighted by molar-refractivity contribution is 5.76. The lowest BCUT2D eigenvalue weighted by molar-refractivity contribution is -0.133. The summed E-state index contributed by atoms with van der Waals surface area (Å²) in [6, 6.07) is 1.82. The molecule has 9 nitrogen and oxygen atoms in total. The number of pyridine rings is 1. The summed E-state index contributed by atoms with van der Waals surface area (Å²) in [7, 11) is 1.50. The van der Waals surface area contributed by atoms with Crippen LogP contribution in [-0.2, 0) is 7.05 Å². The minimum Gasteiger partial charge on any atom is -0.323 e. The molecule has 0 radical (unpaired) electrons. The number of imidazole rings is 1. The quantitative estimate of drug-likeness (QED) is 0.535. The van der Waals surface area contributed by atoms with Crippen molar-refractivity contribution >= 4 is 34.1 Å². The number of rotatable bonds is 5. The number of allylic oxidation sites excluding steroid dienone is 1. The lowest BCUT2D eigenvalue weighted by atomic mass is 10.2. The Morgan fingerprint density at radius 3 is 2.80 bits per heavy atom. The molecule has 0 aliphatic rings. The van der Waals surface area contributed by atoms with Crippen LogP contribution in [0.5, 0.6) is 0 Å². The molecule has 156 valence electrons. The van der Waals surface area contributed by atoms with E-state index in [0.717, 1.165) is 10.1 Å². The second-order valence-corrected chi connectivity index (χ2v) is 6.82. The molecule has 4 aromatic heterocycles. The molecule has 0 aliphatic heterocycles. The lowest BCUT2D eigenvalue weighted by Crippen LogP contribution is -2.22. The maximum absolute atomic E-state index is 12.6. The molecular formula is C18H17F3N8O. The second-order valence-electron chi connectivity index (χ2n) is 6.82. The Morgan fingerprint density at radius 2 is 2.07 bits per heavy atom. The van der Waals surface area contributed by atoms with E-state index in [1.807, 2.05) is 13.0 Å². The van der Waals surface area contributed by atoms with E-state index >= 15 is 0 Å². The number of hydrogen-bond donors (Lipinski definition) is 1. The highest BCUT2D eigenvalue weighted by Gasteiger charge is 2.28. The zero-order valence-corrected chi connectivity index (χ0v) is 16.1. The van der Waals surface area contributed by atoms with Crippen LogP contribution in [0.3, 0.4) is 0 Å². The van der Waals surface area contributed by atoms with Crippen LogP contribution in [0, 0.1) is 6.92 Å². The van der Waals surface area contributed by atoms with Crippen molar-refractivity contribution in [3.8, 4) is 0 Å². The SMILES string of the molecule is C=C(CCC(F)(F)F)n1c(=O)n(C)c2cnc(Nc3cn4ncnc4cc3C)nc21. The predicted molar refractivity (Wildman–Crippen MR) is 104 cm³/mol. The molecule has 0 bridgehead atoms. The number of fused-ring (bicyclic) bond motifs is 2. The van der Waals surface area contributed by atoms with Gasteiger partial charge in [-0.15, -0.1) is 0 Å². The zero-order valence-electron chi connectivity index (χ0n) is 16.1. The van der Waals surface area contributed by atoms with E-state index in [0.29, 0.717) is 16.9 Å². The van der Waals surface area contributed by atoms with E-state index in [1.54, 1.807) is 10.7 Å². The average Bonchev–Trinajstić information content (AvgIpc) is 3.22. The van der Waals surface area contributed by atoms with Gasteiger partial charge < -0.3 is 5.32 Å². The van der Waals surface area contributed by atoms with Crippen LogP contribution in [0.4, 0.5) is 24.8 Å². The molecule has 0 saturated carbocycles. The van der Waals surface area contributed by atoms with Gasteiger partial charge in [0.05, 0.1) is 18.1 Å². The molecule has 12 heteroatoms. The van der Waals surface area contributed by atoms with Crippen molar-refractivity contribution < 1.29 is 13.2 Å². The van der Waals surface area contributed by atoms with Crippen molar-refractivity contribution in [2.24, 2.45) is 7.05 Å². The van der Waals surface area contributed by atoms with Crippen LogP contribution >= 0.6 is 0 Å². The first-order chi connectivity index (χ1) is 14.1. The van der Waals surface area contributed by atoms with Gasteiger partial charge in [-0.1, -0.05) is 6.58 Å². The minimum atomic E-state index is -4.35. The first kappa shape index (κ1) is 19.6. The number of hydrogen-bond acceptors (Lipinski definition) is 6. The predicted octanol–water partition coefficient (Wildman–Crippen LogP) is 3.04. The molecule has 0 atom stereocenters. The second kappa shape index (κ2) is 6.97. The van der Waals surface area contributed by atoms with E-state index in [1.165, 1.54) is 24.1 Å². The monoisotopic (exact) mass is 418 g/mol. The van der Waals surface area contributed by atoms with Gasteiger partial charge in [-0.2, -0.15) is 23.3 Å². The summed E-state index contributed by atoms with van der Waals surface area (Å²) in [5.41, 5.74) is 2.21. The van der Waals surface area contributed by atoms with Crippen molar-refractivity contribution in [1.82, 2.24) is 33.7 Å². The number of aryl methyl sites for hydroxylation is 2. The van der Waals surface area contributed by atoms with Crippen LogP contribution in [0.25, 0.3) is 22.5 Å². The minimum absolute atomic E-state index is 0.00721. The Balaban J connectivity index is 1.73. The maximum atomic E-state index is 12.6. The Morgan fingerprint density at radius 1 is 1.30 bits per heavy atom. The third-order valence-corrected chi connectivity index (χ3v) is 4.68. The molecule has 0 fully saturated rings. The van der Waals surface area contributed by atoms with E-state index in [4.69, 9.17) is 0 Å². The zero-order chi connectivity index (χ0) is 21.6. The fourth-order valence-corrected chi connectivity index (χ4v) is 3.06. The van der Waals surface area contributed by atoms with E-state index < -0.39 is 24.7 Å². The molecule has 0 aliphatic carbocycles. The van der Waals surface area contributed by atoms with Crippen molar-refractivity contribution in [2.45, 2.75) is 25.9 Å². The number of halogens is 3. The fraction of sp³-hybridized carbons (Fsp3) is 0.278. The van der Waals surface area contributed by atoms with Crippen LogP contribution in [0.15, 0.2) is 36.2 Å². The van der Waals surface area contributed by atoms with E-state index in [2.05, 4.69) is 31.9 Å². The Labute approximate surface area is 167 Å². The summed E-state index contributed by atoms with van der Waals surface area (Å²) in [4.78, 5) is 25.3. The molecule has 0 unspecified atom stereocenters. The number of alkyl halides is 3. The molecule has 30 heavy (non-hydrogen) atoms. The van der Waals surface area contributed by atoms with Crippen LogP contribution in [0.2, 0.25) is 0 Å². The molecular weight excluding hydrogens is 401 g/mol. The largest absolute Gasteiger partial charge is 0.389 e. The standard InChI is InChI=1S/C18H17F3N8O/c1-10-6-14-23-9-24-28(14)8-12(10)25-16-22-7-13-15(26-16)29(17(30)27(13)3)11(2)4-5-18(19,20)21/h6-9H,2,4-5H2,1,3H3,(H,22,25,26). The number of anilines is 2. The molecule has 0 amide bonds. The molecule has 0 spiro atoms. The van der Waals surface area contributed by atoms with Gasteiger partial charge in [0.15, 0.2) is 11.3 Å². The van der Waals surface area contributed by atoms with Gasteiger partial charge in [0.1, 0.15) is 11.8 Å². The summed E-state index contributed by atoms with van der Waals surface area (Å²) in [5.74, 6) is 0.174. The normalized spacial score (nSPS) is 12.0. The van der Waals surface area contributed by atoms with Crippen molar-refractivity contribution in [3.63, 3.8) is 0 Å². The summed E-state index contributed by atoms with van der Waals surface area (Å²) in [5, 5.41) is 7.13. The van der Waals surface area contributed by atoms with Gasteiger partial charge in [0, 0.05) is 19.2 Å². The Kier molecular flexibility index (Phi) is 4.56. The van der Waals surface area contributed by atoms with Crippen LogP contribution in [-0.4, -0.2) is 39.9 Å². The summed E-state index contributed by atoms with van der Waals surface area (Å²) < 4.78 is 41.7. The van der Waals surface area contributed by atoms with Gasteiger partial charge in [-0.3, -0.25) is 4.57 Å². The highest BCUT2D eigenvalue weighted by Crippen LogP contribution is 2.26. The average molecular weight is 418 g/mol. The Hall–Kier alpha value is -3.70. The summed E-state index contributed by atoms with van der Waals surface area (Å²) >= 11 is 0. The molecule has 0 aromatic carbocycles. The lowest BCUT2D eigenvalue weighted by Gasteiger charge is -2.10. The maximum Gasteiger partial charge on any atom is 0.389 e. The smallest absolute Gasteiger partial charge is 0.323 e. The summed E-state index contributed by atoms with van der Waals surface area (Å²) in [6.07, 6.45) is -1.28. The fourth-order valence-electron chi connectivity index (χ4n) is 3.06. The van der Waals surface area contributed by atoms with Gasteiger partial charge in [0.2, 0.25) is 5.95 Å². The Bertz CT molecular complexity index is 1330. The number of aromatic nitrogens is 7. The molecule has 4 heterocycles. The molecule has 1 N–H and O–H groups in total. The van der Waals surface area contributed by atoms with Gasteiger partial charge in [-0.05, 0) is 25.0 Å². The van der Waals surface area contributed by atoms with Crippen molar-refractivity contribution in [3.05, 3.63) is 47.4 Å². The molecule has 4 aromatic rings. The molecule has 0 saturated heterocycles. The number of nitrogens with zero attached hydrogens (tertiary/aromatic N) is 7. The number of nitrogens with one attached hydrogen (secondary N) is 1. The van der Waals surface area contributed by atoms with Crippen molar-refractivity contribution in [2.75, 3.05) is 5.32 Å². The third kappa shape index (κ3) is 3.51. The van der Waals surface area contributed by atoms with Gasteiger partial charge in [-0.25, -0.2) is 23.8 Å². The summed E-state index contributed by atoms with van der Waals surface area (Å²) in [6.45, 7) is 5.53. The van der Waals surface area contributed by atoms with Gasteiger partial charge in [0.25, 0.3) is 0 Å². The van der Waals surface area contributed by atoms with E-state index in [-0.39, 0.29) is 17.3 Å².